The highest BCUT2D eigenvalue weighted by atomic mass is 79.9. The number of aliphatic hydroxyl groups is 1. The van der Waals surface area contributed by atoms with E-state index in [4.69, 9.17) is 9.84 Å². The maximum Gasteiger partial charge on any atom is 0.251 e. The van der Waals surface area contributed by atoms with Crippen molar-refractivity contribution in [3.8, 4) is 5.75 Å². The van der Waals surface area contributed by atoms with Crippen molar-refractivity contribution in [1.29, 1.82) is 0 Å². The van der Waals surface area contributed by atoms with E-state index < -0.39 is 0 Å². The lowest BCUT2D eigenvalue weighted by Gasteiger charge is -2.06. The number of benzene rings is 1. The normalized spacial score (nSPS) is 9.80. The van der Waals surface area contributed by atoms with E-state index in [1.54, 1.807) is 18.2 Å². The molecule has 2 N–H and O–H groups in total. The molecule has 0 saturated carbocycles. The molecule has 0 fully saturated rings. The van der Waals surface area contributed by atoms with Gasteiger partial charge in [0.1, 0.15) is 5.75 Å². The number of nitrogens with one attached hydrogen (secondary N) is 1. The second kappa shape index (κ2) is 5.72. The van der Waals surface area contributed by atoms with E-state index in [2.05, 4.69) is 21.2 Å². The van der Waals surface area contributed by atoms with Gasteiger partial charge in [0.15, 0.2) is 0 Å². The molecule has 5 heteroatoms. The van der Waals surface area contributed by atoms with E-state index in [0.29, 0.717) is 11.3 Å². The Bertz CT molecular complexity index is 355. The van der Waals surface area contributed by atoms with Crippen molar-refractivity contribution in [3.63, 3.8) is 0 Å². The topological polar surface area (TPSA) is 58.6 Å². The Morgan fingerprint density at radius 1 is 1.60 bits per heavy atom. The highest BCUT2D eigenvalue weighted by Crippen LogP contribution is 2.25. The molecule has 1 rings (SSSR count). The third-order valence-corrected chi connectivity index (χ3v) is 2.47. The van der Waals surface area contributed by atoms with Crippen molar-refractivity contribution >= 4 is 21.8 Å². The zero-order valence-corrected chi connectivity index (χ0v) is 9.87. The number of hydrogen-bond donors (Lipinski definition) is 2. The van der Waals surface area contributed by atoms with E-state index in [1.807, 2.05) is 0 Å². The fraction of sp³-hybridized carbons (Fsp3) is 0.300. The molecule has 0 radical (unpaired) electrons. The third-order valence-electron chi connectivity index (χ3n) is 1.81. The summed E-state index contributed by atoms with van der Waals surface area (Å²) in [6, 6.07) is 5.06. The molecule has 82 valence electrons. The van der Waals surface area contributed by atoms with Crippen LogP contribution in [0.2, 0.25) is 0 Å². The van der Waals surface area contributed by atoms with Crippen LogP contribution in [-0.2, 0) is 0 Å². The van der Waals surface area contributed by atoms with Crippen molar-refractivity contribution < 1.29 is 14.6 Å². The summed E-state index contributed by atoms with van der Waals surface area (Å²) < 4.78 is 5.86. The molecule has 0 aliphatic carbocycles. The van der Waals surface area contributed by atoms with Gasteiger partial charge >= 0.3 is 0 Å². The minimum absolute atomic E-state index is 0.0700. The predicted octanol–water partition coefficient (Wildman–Crippen LogP) is 1.18. The molecule has 0 aliphatic heterocycles. The quantitative estimate of drug-likeness (QED) is 0.866. The predicted molar refractivity (Wildman–Crippen MR) is 60.1 cm³/mol. The van der Waals surface area contributed by atoms with Gasteiger partial charge in [0.25, 0.3) is 5.91 Å². The molecule has 0 heterocycles. The molecule has 0 aliphatic rings. The van der Waals surface area contributed by atoms with Crippen LogP contribution >= 0.6 is 15.9 Å². The maximum absolute atomic E-state index is 11.5. The fourth-order valence-corrected chi connectivity index (χ4v) is 1.48. The average Bonchev–Trinajstić information content (AvgIpc) is 2.26. The number of carbonyl (C=O) groups is 1. The van der Waals surface area contributed by atoms with Crippen molar-refractivity contribution in [3.05, 3.63) is 28.2 Å². The molecule has 15 heavy (non-hydrogen) atoms. The largest absolute Gasteiger partial charge is 0.496 e. The molecule has 0 saturated heterocycles. The van der Waals surface area contributed by atoms with Crippen LogP contribution in [0.3, 0.4) is 0 Å². The summed E-state index contributed by atoms with van der Waals surface area (Å²) in [5.74, 6) is 0.376. The monoisotopic (exact) mass is 273 g/mol. The molecule has 0 unspecified atom stereocenters. The highest BCUT2D eigenvalue weighted by molar-refractivity contribution is 9.10. The Morgan fingerprint density at radius 3 is 2.93 bits per heavy atom. The van der Waals surface area contributed by atoms with E-state index in [-0.39, 0.29) is 19.1 Å². The Balaban J connectivity index is 2.81. The van der Waals surface area contributed by atoms with E-state index >= 15 is 0 Å². The van der Waals surface area contributed by atoms with Crippen molar-refractivity contribution in [2.45, 2.75) is 0 Å². The van der Waals surface area contributed by atoms with E-state index in [1.165, 1.54) is 7.11 Å². The summed E-state index contributed by atoms with van der Waals surface area (Å²) in [6.45, 7) is 0.177. The van der Waals surface area contributed by atoms with E-state index in [9.17, 15) is 4.79 Å². The lowest BCUT2D eigenvalue weighted by Crippen LogP contribution is -2.26. The number of amides is 1. The van der Waals surface area contributed by atoms with Crippen molar-refractivity contribution in [1.82, 2.24) is 5.32 Å². The molecule has 1 amide bonds. The van der Waals surface area contributed by atoms with Gasteiger partial charge in [-0.05, 0) is 34.1 Å². The van der Waals surface area contributed by atoms with Crippen molar-refractivity contribution in [2.75, 3.05) is 20.3 Å². The van der Waals surface area contributed by atoms with Crippen LogP contribution in [0, 0.1) is 0 Å². The summed E-state index contributed by atoms with van der Waals surface area (Å²) in [7, 11) is 1.54. The number of ether oxygens (including phenoxy) is 1. The number of aliphatic hydroxyl groups excluding tert-OH is 1. The zero-order chi connectivity index (χ0) is 11.3. The Hall–Kier alpha value is -1.07. The number of rotatable bonds is 4. The smallest absolute Gasteiger partial charge is 0.251 e. The first-order chi connectivity index (χ1) is 7.19. The Labute approximate surface area is 96.4 Å². The fourth-order valence-electron chi connectivity index (χ4n) is 1.07. The maximum atomic E-state index is 11.5. The molecule has 1 aromatic rings. The summed E-state index contributed by atoms with van der Waals surface area (Å²) in [5, 5.41) is 11.1. The van der Waals surface area contributed by atoms with Gasteiger partial charge in [0.05, 0.1) is 18.2 Å². The van der Waals surface area contributed by atoms with Gasteiger partial charge in [-0.15, -0.1) is 0 Å². The second-order valence-electron chi connectivity index (χ2n) is 2.83. The second-order valence-corrected chi connectivity index (χ2v) is 3.68. The molecular formula is C10H12BrNO3. The third kappa shape index (κ3) is 3.21. The summed E-state index contributed by atoms with van der Waals surface area (Å²) >= 11 is 3.30. The van der Waals surface area contributed by atoms with Crippen LogP contribution in [0.5, 0.6) is 5.75 Å². The molecule has 0 bridgehead atoms. The van der Waals surface area contributed by atoms with Gasteiger partial charge in [0.2, 0.25) is 0 Å². The van der Waals surface area contributed by atoms with Gasteiger partial charge in [-0.1, -0.05) is 0 Å². The first-order valence-electron chi connectivity index (χ1n) is 4.41. The van der Waals surface area contributed by atoms with Gasteiger partial charge in [-0.3, -0.25) is 4.79 Å². The summed E-state index contributed by atoms with van der Waals surface area (Å²) in [5.41, 5.74) is 0.503. The lowest BCUT2D eigenvalue weighted by atomic mass is 10.2. The lowest BCUT2D eigenvalue weighted by molar-refractivity contribution is 0.0944. The molecule has 1 aromatic carbocycles. The molecule has 0 aromatic heterocycles. The van der Waals surface area contributed by atoms with Crippen LogP contribution in [0.25, 0.3) is 0 Å². The summed E-state index contributed by atoms with van der Waals surface area (Å²) in [4.78, 5) is 11.5. The van der Waals surface area contributed by atoms with E-state index in [0.717, 1.165) is 4.47 Å². The van der Waals surface area contributed by atoms with Crippen LogP contribution in [0.4, 0.5) is 0 Å². The first kappa shape index (κ1) is 12.0. The highest BCUT2D eigenvalue weighted by Gasteiger charge is 2.07. The Kier molecular flexibility index (Phi) is 4.58. The standard InChI is InChI=1S/C10H12BrNO3/c1-15-9-6-7(2-3-8(9)11)10(14)12-4-5-13/h2-3,6,13H,4-5H2,1H3,(H,12,14). The average molecular weight is 274 g/mol. The van der Waals surface area contributed by atoms with Crippen LogP contribution < -0.4 is 10.1 Å². The zero-order valence-electron chi connectivity index (χ0n) is 8.29. The van der Waals surface area contributed by atoms with Gasteiger partial charge in [0, 0.05) is 12.1 Å². The SMILES string of the molecule is COc1cc(C(=O)NCCO)ccc1Br. The molecular weight excluding hydrogens is 262 g/mol. The van der Waals surface area contributed by atoms with Crippen molar-refractivity contribution in [2.24, 2.45) is 0 Å². The number of hydrogen-bond acceptors (Lipinski definition) is 3. The summed E-state index contributed by atoms with van der Waals surface area (Å²) in [6.07, 6.45) is 0. The number of halogens is 1. The number of carbonyl (C=O) groups excluding carboxylic acids is 1. The first-order valence-corrected chi connectivity index (χ1v) is 5.21. The minimum Gasteiger partial charge on any atom is -0.496 e. The van der Waals surface area contributed by atoms with Crippen LogP contribution in [0.15, 0.2) is 22.7 Å². The molecule has 0 atom stereocenters. The van der Waals surface area contributed by atoms with Crippen LogP contribution in [0.1, 0.15) is 10.4 Å². The Morgan fingerprint density at radius 2 is 2.33 bits per heavy atom. The molecule has 0 spiro atoms. The van der Waals surface area contributed by atoms with Gasteiger partial charge in [-0.25, -0.2) is 0 Å². The minimum atomic E-state index is -0.227. The van der Waals surface area contributed by atoms with Gasteiger partial charge < -0.3 is 15.2 Å². The van der Waals surface area contributed by atoms with Crippen LogP contribution in [-0.4, -0.2) is 31.3 Å². The molecule has 4 nitrogen and oxygen atoms in total. The number of methoxy groups -OCH3 is 1. The van der Waals surface area contributed by atoms with Gasteiger partial charge in [-0.2, -0.15) is 0 Å².